The smallest absolute Gasteiger partial charge is 0.106 e. The predicted molar refractivity (Wildman–Crippen MR) is 40.4 cm³/mol. The molecule has 3 heteroatoms. The van der Waals surface area contributed by atoms with Crippen LogP contribution in [0.1, 0.15) is 20.3 Å². The first-order chi connectivity index (χ1) is 4.54. The Morgan fingerprint density at radius 3 is 2.50 bits per heavy atom. The van der Waals surface area contributed by atoms with Crippen LogP contribution >= 0.6 is 0 Å². The number of aliphatic hydroxyl groups excluding tert-OH is 1. The van der Waals surface area contributed by atoms with Gasteiger partial charge in [-0.2, -0.15) is 0 Å². The quantitative estimate of drug-likeness (QED) is 0.471. The molecule has 3 nitrogen and oxygen atoms in total. The highest BCUT2D eigenvalue weighted by atomic mass is 16.3. The summed E-state index contributed by atoms with van der Waals surface area (Å²) in [6.07, 6.45) is 0.275. The van der Waals surface area contributed by atoms with Crippen LogP contribution in [0.15, 0.2) is 0 Å². The van der Waals surface area contributed by atoms with Gasteiger partial charge in [0.25, 0.3) is 0 Å². The lowest BCUT2D eigenvalue weighted by molar-refractivity contribution is 0.149. The minimum atomic E-state index is -0.396. The summed E-state index contributed by atoms with van der Waals surface area (Å²) in [6.45, 7) is 4.89. The SMILES string of the molecule is CC(C)C1(N)CNC(O)C1. The van der Waals surface area contributed by atoms with Gasteiger partial charge in [0.05, 0.1) is 0 Å². The van der Waals surface area contributed by atoms with Gasteiger partial charge in [0, 0.05) is 18.5 Å². The Hall–Kier alpha value is -0.120. The van der Waals surface area contributed by atoms with E-state index >= 15 is 0 Å². The zero-order valence-electron chi connectivity index (χ0n) is 6.59. The summed E-state index contributed by atoms with van der Waals surface area (Å²) in [5.41, 5.74) is 5.77. The molecule has 1 aliphatic rings. The molecule has 0 bridgehead atoms. The van der Waals surface area contributed by atoms with E-state index < -0.39 is 6.23 Å². The number of aliphatic hydroxyl groups is 1. The van der Waals surface area contributed by atoms with E-state index in [1.54, 1.807) is 0 Å². The summed E-state index contributed by atoms with van der Waals surface area (Å²) in [6, 6.07) is 0. The Balaban J connectivity index is 2.54. The molecular formula is C7H16N2O. The second-order valence-corrected chi connectivity index (χ2v) is 3.49. The topological polar surface area (TPSA) is 58.3 Å². The van der Waals surface area contributed by atoms with Crippen molar-refractivity contribution in [3.8, 4) is 0 Å². The van der Waals surface area contributed by atoms with Crippen LogP contribution in [0.4, 0.5) is 0 Å². The number of hydrogen-bond acceptors (Lipinski definition) is 3. The van der Waals surface area contributed by atoms with E-state index in [2.05, 4.69) is 19.2 Å². The first kappa shape index (κ1) is 7.98. The Morgan fingerprint density at radius 1 is 1.70 bits per heavy atom. The lowest BCUT2D eigenvalue weighted by atomic mass is 9.87. The highest BCUT2D eigenvalue weighted by Gasteiger charge is 2.36. The van der Waals surface area contributed by atoms with Gasteiger partial charge in [0.15, 0.2) is 0 Å². The van der Waals surface area contributed by atoms with Crippen LogP contribution in [0.3, 0.4) is 0 Å². The highest BCUT2D eigenvalue weighted by Crippen LogP contribution is 2.23. The highest BCUT2D eigenvalue weighted by molar-refractivity contribution is 4.96. The minimum absolute atomic E-state index is 0.195. The molecule has 2 atom stereocenters. The summed E-state index contributed by atoms with van der Waals surface area (Å²) in [4.78, 5) is 0. The van der Waals surface area contributed by atoms with Crippen molar-refractivity contribution >= 4 is 0 Å². The van der Waals surface area contributed by atoms with Crippen LogP contribution in [-0.2, 0) is 0 Å². The molecule has 0 amide bonds. The van der Waals surface area contributed by atoms with E-state index in [0.717, 1.165) is 6.54 Å². The molecule has 0 aliphatic carbocycles. The molecular weight excluding hydrogens is 128 g/mol. The first-order valence-electron chi connectivity index (χ1n) is 3.75. The molecule has 1 rings (SSSR count). The third-order valence-electron chi connectivity index (χ3n) is 2.39. The Bertz CT molecular complexity index is 127. The van der Waals surface area contributed by atoms with Crippen LogP contribution in [0.5, 0.6) is 0 Å². The van der Waals surface area contributed by atoms with Gasteiger partial charge in [0.1, 0.15) is 6.23 Å². The Kier molecular flexibility index (Phi) is 1.99. The Labute approximate surface area is 61.6 Å². The molecule has 1 heterocycles. The fourth-order valence-corrected chi connectivity index (χ4v) is 1.25. The fraction of sp³-hybridized carbons (Fsp3) is 1.00. The third-order valence-corrected chi connectivity index (χ3v) is 2.39. The Morgan fingerprint density at radius 2 is 2.30 bits per heavy atom. The molecule has 0 aromatic carbocycles. The van der Waals surface area contributed by atoms with Crippen molar-refractivity contribution in [2.75, 3.05) is 6.54 Å². The lowest BCUT2D eigenvalue weighted by Gasteiger charge is -2.27. The summed E-state index contributed by atoms with van der Waals surface area (Å²) in [7, 11) is 0. The van der Waals surface area contributed by atoms with Gasteiger partial charge in [-0.1, -0.05) is 13.8 Å². The van der Waals surface area contributed by atoms with Gasteiger partial charge in [0.2, 0.25) is 0 Å². The molecule has 1 aliphatic heterocycles. The predicted octanol–water partition coefficient (Wildman–Crippen LogP) is -0.348. The average Bonchev–Trinajstić information content (AvgIpc) is 2.13. The van der Waals surface area contributed by atoms with Crippen LogP contribution in [0.25, 0.3) is 0 Å². The molecule has 60 valence electrons. The van der Waals surface area contributed by atoms with Gasteiger partial charge in [-0.25, -0.2) is 0 Å². The molecule has 0 spiro atoms. The molecule has 2 unspecified atom stereocenters. The minimum Gasteiger partial charge on any atom is -0.379 e. The summed E-state index contributed by atoms with van der Waals surface area (Å²) in [5.74, 6) is 0.428. The van der Waals surface area contributed by atoms with Crippen LogP contribution in [-0.4, -0.2) is 23.4 Å². The van der Waals surface area contributed by atoms with Gasteiger partial charge in [-0.15, -0.1) is 0 Å². The van der Waals surface area contributed by atoms with E-state index in [0.29, 0.717) is 12.3 Å². The van der Waals surface area contributed by atoms with Crippen molar-refractivity contribution in [2.45, 2.75) is 32.0 Å². The fourth-order valence-electron chi connectivity index (χ4n) is 1.25. The molecule has 1 fully saturated rings. The third kappa shape index (κ3) is 1.31. The molecule has 0 radical (unpaired) electrons. The van der Waals surface area contributed by atoms with Crippen molar-refractivity contribution < 1.29 is 5.11 Å². The zero-order valence-corrected chi connectivity index (χ0v) is 6.59. The van der Waals surface area contributed by atoms with E-state index in [1.807, 2.05) is 0 Å². The molecule has 1 saturated heterocycles. The van der Waals surface area contributed by atoms with Gasteiger partial charge < -0.3 is 10.8 Å². The maximum atomic E-state index is 9.12. The molecule has 4 N–H and O–H groups in total. The normalized spacial score (nSPS) is 41.1. The van der Waals surface area contributed by atoms with E-state index in [1.165, 1.54) is 0 Å². The maximum absolute atomic E-state index is 9.12. The van der Waals surface area contributed by atoms with E-state index in [4.69, 9.17) is 10.8 Å². The number of nitrogens with one attached hydrogen (secondary N) is 1. The number of rotatable bonds is 1. The summed E-state index contributed by atoms with van der Waals surface area (Å²) >= 11 is 0. The summed E-state index contributed by atoms with van der Waals surface area (Å²) < 4.78 is 0. The summed E-state index contributed by atoms with van der Waals surface area (Å²) in [5, 5.41) is 12.0. The van der Waals surface area contributed by atoms with Crippen molar-refractivity contribution in [3.63, 3.8) is 0 Å². The van der Waals surface area contributed by atoms with E-state index in [-0.39, 0.29) is 5.54 Å². The largest absolute Gasteiger partial charge is 0.379 e. The number of nitrogens with two attached hydrogens (primary N) is 1. The molecule has 0 aromatic heterocycles. The van der Waals surface area contributed by atoms with Crippen molar-refractivity contribution in [1.82, 2.24) is 5.32 Å². The lowest BCUT2D eigenvalue weighted by Crippen LogP contribution is -2.46. The average molecular weight is 144 g/mol. The van der Waals surface area contributed by atoms with Crippen molar-refractivity contribution in [2.24, 2.45) is 11.7 Å². The second kappa shape index (κ2) is 2.49. The van der Waals surface area contributed by atoms with Crippen molar-refractivity contribution in [1.29, 1.82) is 0 Å². The maximum Gasteiger partial charge on any atom is 0.106 e. The van der Waals surface area contributed by atoms with Gasteiger partial charge in [-0.3, -0.25) is 5.32 Å². The number of hydrogen-bond donors (Lipinski definition) is 3. The molecule has 0 saturated carbocycles. The monoisotopic (exact) mass is 144 g/mol. The standard InChI is InChI=1S/C7H16N2O/c1-5(2)7(8)3-6(10)9-4-7/h5-6,9-10H,3-4,8H2,1-2H3. The van der Waals surface area contributed by atoms with Crippen molar-refractivity contribution in [3.05, 3.63) is 0 Å². The second-order valence-electron chi connectivity index (χ2n) is 3.49. The van der Waals surface area contributed by atoms with Crippen LogP contribution < -0.4 is 11.1 Å². The molecule has 0 aromatic rings. The first-order valence-corrected chi connectivity index (χ1v) is 3.75. The zero-order chi connectivity index (χ0) is 7.78. The molecule has 10 heavy (non-hydrogen) atoms. The van der Waals surface area contributed by atoms with Crippen LogP contribution in [0.2, 0.25) is 0 Å². The van der Waals surface area contributed by atoms with Crippen LogP contribution in [0, 0.1) is 5.92 Å². The van der Waals surface area contributed by atoms with Gasteiger partial charge >= 0.3 is 0 Å². The van der Waals surface area contributed by atoms with Gasteiger partial charge in [-0.05, 0) is 5.92 Å². The van der Waals surface area contributed by atoms with E-state index in [9.17, 15) is 0 Å².